The van der Waals surface area contributed by atoms with E-state index in [0.29, 0.717) is 46.4 Å². The van der Waals surface area contributed by atoms with E-state index in [4.69, 9.17) is 10.7 Å². The summed E-state index contributed by atoms with van der Waals surface area (Å²) in [5.41, 5.74) is 10.9. The molecule has 1 heterocycles. The Morgan fingerprint density at radius 3 is 2.47 bits per heavy atom. The van der Waals surface area contributed by atoms with Crippen LogP contribution in [-0.2, 0) is 6.42 Å². The molecule has 0 spiro atoms. The first-order chi connectivity index (χ1) is 14.7. The van der Waals surface area contributed by atoms with Crippen LogP contribution in [0.3, 0.4) is 0 Å². The Morgan fingerprint density at radius 2 is 1.67 bits per heavy atom. The highest BCUT2D eigenvalue weighted by Crippen LogP contribution is 2.32. The zero-order valence-electron chi connectivity index (χ0n) is 16.3. The molecule has 0 aliphatic rings. The highest BCUT2D eigenvalue weighted by Gasteiger charge is 2.19. The summed E-state index contributed by atoms with van der Waals surface area (Å²) in [6.45, 7) is 0.397. The lowest BCUT2D eigenvalue weighted by Crippen LogP contribution is -2.27. The van der Waals surface area contributed by atoms with E-state index >= 15 is 0 Å². The Hall–Kier alpha value is -4.17. The first-order valence-corrected chi connectivity index (χ1v) is 9.69. The fraction of sp³-hybridized carbons (Fsp3) is 0.0800. The van der Waals surface area contributed by atoms with Crippen LogP contribution in [0, 0.1) is 11.3 Å². The molecule has 0 aliphatic carbocycles. The number of amides is 1. The third-order valence-electron chi connectivity index (χ3n) is 5.02. The predicted octanol–water partition coefficient (Wildman–Crippen LogP) is 4.33. The van der Waals surface area contributed by atoms with Gasteiger partial charge in [0.2, 0.25) is 0 Å². The summed E-state index contributed by atoms with van der Waals surface area (Å²) in [7, 11) is 0. The molecule has 4 aromatic rings. The standard InChI is InChI=1S/C25H20N4O/c26-16-19-11-5-4-8-17(19)14-15-28-25(30)22-20-12-6-7-13-21(20)29-24(23(22)27)18-9-2-1-3-10-18/h1-13H,14-15,27H2,(H,28,30). The Kier molecular flexibility index (Phi) is 5.40. The van der Waals surface area contributed by atoms with Gasteiger partial charge in [-0.25, -0.2) is 4.98 Å². The van der Waals surface area contributed by atoms with Gasteiger partial charge in [-0.15, -0.1) is 0 Å². The highest BCUT2D eigenvalue weighted by atomic mass is 16.1. The molecule has 0 saturated heterocycles. The average Bonchev–Trinajstić information content (AvgIpc) is 2.79. The predicted molar refractivity (Wildman–Crippen MR) is 119 cm³/mol. The van der Waals surface area contributed by atoms with Gasteiger partial charge in [-0.05, 0) is 24.1 Å². The van der Waals surface area contributed by atoms with Crippen molar-refractivity contribution in [3.05, 3.63) is 95.6 Å². The van der Waals surface area contributed by atoms with Gasteiger partial charge < -0.3 is 11.1 Å². The fourth-order valence-corrected chi connectivity index (χ4v) is 3.53. The molecule has 0 fully saturated rings. The zero-order valence-corrected chi connectivity index (χ0v) is 16.3. The maximum Gasteiger partial charge on any atom is 0.254 e. The Morgan fingerprint density at radius 1 is 0.967 bits per heavy atom. The number of nitriles is 1. The number of benzene rings is 3. The van der Waals surface area contributed by atoms with E-state index in [1.165, 1.54) is 0 Å². The number of para-hydroxylation sites is 1. The van der Waals surface area contributed by atoms with Crippen molar-refractivity contribution in [1.82, 2.24) is 10.3 Å². The molecule has 3 aromatic carbocycles. The summed E-state index contributed by atoms with van der Waals surface area (Å²) in [6, 6.07) is 26.7. The van der Waals surface area contributed by atoms with E-state index in [1.54, 1.807) is 6.07 Å². The molecule has 30 heavy (non-hydrogen) atoms. The van der Waals surface area contributed by atoms with Crippen LogP contribution in [0.15, 0.2) is 78.9 Å². The van der Waals surface area contributed by atoms with Gasteiger partial charge in [0.05, 0.1) is 34.1 Å². The number of hydrogen-bond donors (Lipinski definition) is 2. The molecular formula is C25H20N4O. The summed E-state index contributed by atoms with van der Waals surface area (Å²) in [6.07, 6.45) is 0.559. The fourth-order valence-electron chi connectivity index (χ4n) is 3.53. The van der Waals surface area contributed by atoms with Gasteiger partial charge in [0.15, 0.2) is 0 Å². The minimum Gasteiger partial charge on any atom is -0.396 e. The quantitative estimate of drug-likeness (QED) is 0.529. The largest absolute Gasteiger partial charge is 0.396 e. The minimum atomic E-state index is -0.252. The number of aromatic nitrogens is 1. The Bertz CT molecular complexity index is 1260. The number of nitrogens with zero attached hydrogens (tertiary/aromatic N) is 2. The minimum absolute atomic E-state index is 0.252. The molecule has 0 unspecified atom stereocenters. The van der Waals surface area contributed by atoms with Gasteiger partial charge in [0, 0.05) is 17.5 Å². The second kappa shape index (κ2) is 8.46. The normalized spacial score (nSPS) is 10.5. The monoisotopic (exact) mass is 392 g/mol. The molecule has 0 radical (unpaired) electrons. The topological polar surface area (TPSA) is 91.8 Å². The molecule has 5 heteroatoms. The second-order valence-corrected chi connectivity index (χ2v) is 6.91. The van der Waals surface area contributed by atoms with Gasteiger partial charge in [-0.2, -0.15) is 5.26 Å². The van der Waals surface area contributed by atoms with Crippen molar-refractivity contribution >= 4 is 22.5 Å². The number of pyridine rings is 1. The van der Waals surface area contributed by atoms with Crippen molar-refractivity contribution in [1.29, 1.82) is 5.26 Å². The van der Waals surface area contributed by atoms with Crippen LogP contribution in [0.25, 0.3) is 22.2 Å². The third kappa shape index (κ3) is 3.71. The molecule has 4 rings (SSSR count). The van der Waals surface area contributed by atoms with E-state index in [0.717, 1.165) is 11.1 Å². The highest BCUT2D eigenvalue weighted by molar-refractivity contribution is 6.12. The Balaban J connectivity index is 1.66. The van der Waals surface area contributed by atoms with Gasteiger partial charge >= 0.3 is 0 Å². The van der Waals surface area contributed by atoms with Crippen LogP contribution in [-0.4, -0.2) is 17.4 Å². The van der Waals surface area contributed by atoms with Crippen LogP contribution in [0.4, 0.5) is 5.69 Å². The first kappa shape index (κ1) is 19.2. The van der Waals surface area contributed by atoms with Gasteiger partial charge in [0.1, 0.15) is 0 Å². The molecule has 0 atom stereocenters. The van der Waals surface area contributed by atoms with E-state index < -0.39 is 0 Å². The molecular weight excluding hydrogens is 372 g/mol. The summed E-state index contributed by atoms with van der Waals surface area (Å²) in [5.74, 6) is -0.252. The zero-order chi connectivity index (χ0) is 20.9. The lowest BCUT2D eigenvalue weighted by Gasteiger charge is -2.14. The van der Waals surface area contributed by atoms with Crippen molar-refractivity contribution in [2.45, 2.75) is 6.42 Å². The number of anilines is 1. The maximum absolute atomic E-state index is 13.1. The van der Waals surface area contributed by atoms with Crippen molar-refractivity contribution < 1.29 is 4.79 Å². The summed E-state index contributed by atoms with van der Waals surface area (Å²) < 4.78 is 0. The Labute approximate surface area is 174 Å². The van der Waals surface area contributed by atoms with Crippen LogP contribution in [0.1, 0.15) is 21.5 Å². The van der Waals surface area contributed by atoms with E-state index in [1.807, 2.05) is 72.8 Å². The smallest absolute Gasteiger partial charge is 0.254 e. The summed E-state index contributed by atoms with van der Waals surface area (Å²) in [5, 5.41) is 12.9. The molecule has 0 saturated carbocycles. The lowest BCUT2D eigenvalue weighted by molar-refractivity contribution is 0.0956. The molecule has 1 aromatic heterocycles. The summed E-state index contributed by atoms with van der Waals surface area (Å²) in [4.78, 5) is 17.8. The number of hydrogen-bond acceptors (Lipinski definition) is 4. The van der Waals surface area contributed by atoms with Crippen LogP contribution < -0.4 is 11.1 Å². The van der Waals surface area contributed by atoms with Crippen molar-refractivity contribution in [3.63, 3.8) is 0 Å². The van der Waals surface area contributed by atoms with Gasteiger partial charge in [-0.3, -0.25) is 4.79 Å². The number of carbonyl (C=O) groups is 1. The van der Waals surface area contributed by atoms with E-state index in [-0.39, 0.29) is 5.91 Å². The first-order valence-electron chi connectivity index (χ1n) is 9.69. The maximum atomic E-state index is 13.1. The molecule has 146 valence electrons. The van der Waals surface area contributed by atoms with Crippen LogP contribution in [0.5, 0.6) is 0 Å². The van der Waals surface area contributed by atoms with Crippen molar-refractivity contribution in [3.8, 4) is 17.3 Å². The molecule has 0 bridgehead atoms. The van der Waals surface area contributed by atoms with E-state index in [9.17, 15) is 10.1 Å². The van der Waals surface area contributed by atoms with E-state index in [2.05, 4.69) is 11.4 Å². The number of carbonyl (C=O) groups excluding carboxylic acids is 1. The lowest BCUT2D eigenvalue weighted by atomic mass is 10.0. The molecule has 3 N–H and O–H groups in total. The summed E-state index contributed by atoms with van der Waals surface area (Å²) >= 11 is 0. The number of nitrogens with two attached hydrogens (primary N) is 1. The number of rotatable bonds is 5. The SMILES string of the molecule is N#Cc1ccccc1CCNC(=O)c1c(N)c(-c2ccccc2)nc2ccccc12. The van der Waals surface area contributed by atoms with Gasteiger partial charge in [0.25, 0.3) is 5.91 Å². The average molecular weight is 392 g/mol. The second-order valence-electron chi connectivity index (χ2n) is 6.91. The van der Waals surface area contributed by atoms with Crippen molar-refractivity contribution in [2.75, 3.05) is 12.3 Å². The number of nitrogen functional groups attached to an aromatic ring is 1. The third-order valence-corrected chi connectivity index (χ3v) is 5.02. The van der Waals surface area contributed by atoms with Crippen LogP contribution >= 0.6 is 0 Å². The number of fused-ring (bicyclic) bond motifs is 1. The van der Waals surface area contributed by atoms with Gasteiger partial charge in [-0.1, -0.05) is 66.7 Å². The molecule has 0 aliphatic heterocycles. The molecule has 5 nitrogen and oxygen atoms in total. The molecule has 1 amide bonds. The van der Waals surface area contributed by atoms with Crippen LogP contribution in [0.2, 0.25) is 0 Å². The number of nitrogens with one attached hydrogen (secondary N) is 1. The van der Waals surface area contributed by atoms with Crippen molar-refractivity contribution in [2.24, 2.45) is 0 Å².